The minimum Gasteiger partial charge on any atom is -0.484 e. The molecule has 0 aliphatic carbocycles. The van der Waals surface area contributed by atoms with Gasteiger partial charge in [0.25, 0.3) is 5.91 Å². The number of nitrogens with zero attached hydrogens (tertiary/aromatic N) is 1. The lowest BCUT2D eigenvalue weighted by atomic mass is 10.2. The van der Waals surface area contributed by atoms with E-state index in [0.717, 1.165) is 11.8 Å². The van der Waals surface area contributed by atoms with Gasteiger partial charge in [-0.3, -0.25) is 9.10 Å². The van der Waals surface area contributed by atoms with E-state index in [4.69, 9.17) is 21.1 Å². The molecular weight excluding hydrogens is 512 g/mol. The number of para-hydroxylation sites is 1. The Hall–Kier alpha value is -4.01. The van der Waals surface area contributed by atoms with Gasteiger partial charge < -0.3 is 14.8 Å². The normalized spacial score (nSPS) is 11.0. The summed E-state index contributed by atoms with van der Waals surface area (Å²) in [5, 5.41) is 3.20. The lowest BCUT2D eigenvalue weighted by Crippen LogP contribution is -2.29. The van der Waals surface area contributed by atoms with Gasteiger partial charge in [-0.05, 0) is 60.2 Å². The number of rotatable bonds is 10. The van der Waals surface area contributed by atoms with Crippen molar-refractivity contribution in [1.82, 2.24) is 0 Å². The van der Waals surface area contributed by atoms with Crippen molar-refractivity contribution in [2.24, 2.45) is 0 Å². The van der Waals surface area contributed by atoms with E-state index in [1.54, 1.807) is 54.6 Å². The highest BCUT2D eigenvalue weighted by Gasteiger charge is 2.18. The number of carbonyl (C=O) groups excluding carboxylic acids is 1. The molecule has 1 N–H and O–H groups in total. The van der Waals surface area contributed by atoms with Gasteiger partial charge in [-0.25, -0.2) is 8.42 Å². The van der Waals surface area contributed by atoms with Crippen LogP contribution in [-0.2, 0) is 21.4 Å². The van der Waals surface area contributed by atoms with Crippen molar-refractivity contribution in [3.63, 3.8) is 0 Å². The van der Waals surface area contributed by atoms with Crippen LogP contribution in [0.5, 0.6) is 17.2 Å². The van der Waals surface area contributed by atoms with Crippen LogP contribution in [0.1, 0.15) is 5.56 Å². The SMILES string of the molecule is CS(=O)(=O)N(Cc1ccccc1)c1ccc(OCC(=O)Nc2cc(Cl)ccc2Oc2ccccc2)cc1. The number of carbonyl (C=O) groups is 1. The van der Waals surface area contributed by atoms with Gasteiger partial charge in [-0.15, -0.1) is 0 Å². The molecule has 0 aromatic heterocycles. The van der Waals surface area contributed by atoms with Crippen LogP contribution in [0.4, 0.5) is 11.4 Å². The van der Waals surface area contributed by atoms with Gasteiger partial charge in [-0.2, -0.15) is 0 Å². The number of sulfonamides is 1. The van der Waals surface area contributed by atoms with Gasteiger partial charge in [-0.1, -0.05) is 60.1 Å². The van der Waals surface area contributed by atoms with Gasteiger partial charge in [0.15, 0.2) is 12.4 Å². The summed E-state index contributed by atoms with van der Waals surface area (Å²) in [4.78, 5) is 12.6. The molecule has 4 aromatic rings. The Morgan fingerprint density at radius 1 is 0.865 bits per heavy atom. The van der Waals surface area contributed by atoms with Crippen LogP contribution in [0.25, 0.3) is 0 Å². The number of benzene rings is 4. The highest BCUT2D eigenvalue weighted by molar-refractivity contribution is 7.92. The molecule has 0 saturated carbocycles. The Morgan fingerprint density at radius 2 is 1.51 bits per heavy atom. The number of hydrogen-bond acceptors (Lipinski definition) is 5. The summed E-state index contributed by atoms with van der Waals surface area (Å²) in [7, 11) is -3.51. The third-order valence-electron chi connectivity index (χ3n) is 5.25. The van der Waals surface area contributed by atoms with E-state index in [0.29, 0.717) is 33.6 Å². The zero-order valence-corrected chi connectivity index (χ0v) is 21.6. The second kappa shape index (κ2) is 11.8. The van der Waals surface area contributed by atoms with E-state index in [-0.39, 0.29) is 13.2 Å². The first-order valence-corrected chi connectivity index (χ1v) is 13.6. The van der Waals surface area contributed by atoms with Crippen LogP contribution in [0.15, 0.2) is 103 Å². The molecule has 1 amide bonds. The highest BCUT2D eigenvalue weighted by atomic mass is 35.5. The van der Waals surface area contributed by atoms with E-state index >= 15 is 0 Å². The van der Waals surface area contributed by atoms with Crippen molar-refractivity contribution < 1.29 is 22.7 Å². The molecule has 7 nitrogen and oxygen atoms in total. The third kappa shape index (κ3) is 7.49. The third-order valence-corrected chi connectivity index (χ3v) is 6.63. The second-order valence-electron chi connectivity index (χ2n) is 8.14. The lowest BCUT2D eigenvalue weighted by molar-refractivity contribution is -0.118. The average molecular weight is 537 g/mol. The molecule has 4 aromatic carbocycles. The molecule has 0 fully saturated rings. The van der Waals surface area contributed by atoms with E-state index < -0.39 is 15.9 Å². The molecule has 0 bridgehead atoms. The number of hydrogen-bond donors (Lipinski definition) is 1. The van der Waals surface area contributed by atoms with Crippen molar-refractivity contribution >= 4 is 38.9 Å². The fourth-order valence-electron chi connectivity index (χ4n) is 3.50. The Morgan fingerprint density at radius 3 is 2.16 bits per heavy atom. The van der Waals surface area contributed by atoms with Crippen LogP contribution in [0, 0.1) is 0 Å². The van der Waals surface area contributed by atoms with Gasteiger partial charge in [0.05, 0.1) is 24.2 Å². The van der Waals surface area contributed by atoms with Gasteiger partial charge in [0.2, 0.25) is 10.0 Å². The minimum absolute atomic E-state index is 0.204. The van der Waals surface area contributed by atoms with E-state index in [9.17, 15) is 13.2 Å². The quantitative estimate of drug-likeness (QED) is 0.264. The predicted octanol–water partition coefficient (Wildman–Crippen LogP) is 6.12. The summed E-state index contributed by atoms with van der Waals surface area (Å²) in [5.41, 5.74) is 1.76. The Bertz CT molecular complexity index is 1450. The molecule has 0 radical (unpaired) electrons. The summed E-state index contributed by atoms with van der Waals surface area (Å²) in [6, 6.07) is 30.0. The zero-order valence-electron chi connectivity index (χ0n) is 20.0. The van der Waals surface area contributed by atoms with Crippen LogP contribution in [0.2, 0.25) is 5.02 Å². The van der Waals surface area contributed by atoms with E-state index in [2.05, 4.69) is 5.32 Å². The number of ether oxygens (including phenoxy) is 2. The first-order chi connectivity index (χ1) is 17.8. The fraction of sp³-hybridized carbons (Fsp3) is 0.107. The number of anilines is 2. The summed E-state index contributed by atoms with van der Waals surface area (Å²) in [6.45, 7) is -0.0637. The van der Waals surface area contributed by atoms with Gasteiger partial charge in [0, 0.05) is 5.02 Å². The molecule has 0 saturated heterocycles. The van der Waals surface area contributed by atoms with Gasteiger partial charge >= 0.3 is 0 Å². The first-order valence-electron chi connectivity index (χ1n) is 11.3. The van der Waals surface area contributed by atoms with Crippen LogP contribution in [-0.4, -0.2) is 27.2 Å². The molecule has 0 aliphatic rings. The van der Waals surface area contributed by atoms with Crippen molar-refractivity contribution in [2.45, 2.75) is 6.54 Å². The largest absolute Gasteiger partial charge is 0.484 e. The minimum atomic E-state index is -3.51. The maximum absolute atomic E-state index is 12.6. The summed E-state index contributed by atoms with van der Waals surface area (Å²) in [5.74, 6) is 1.06. The molecule has 0 heterocycles. The van der Waals surface area contributed by atoms with Crippen LogP contribution >= 0.6 is 11.6 Å². The lowest BCUT2D eigenvalue weighted by Gasteiger charge is -2.22. The molecule has 0 unspecified atom stereocenters. The average Bonchev–Trinajstić information content (AvgIpc) is 2.89. The Labute approximate surface area is 221 Å². The zero-order chi connectivity index (χ0) is 26.3. The molecule has 0 spiro atoms. The summed E-state index contributed by atoms with van der Waals surface area (Å²) >= 11 is 6.11. The molecule has 190 valence electrons. The fourth-order valence-corrected chi connectivity index (χ4v) is 4.56. The topological polar surface area (TPSA) is 84.9 Å². The predicted molar refractivity (Wildman–Crippen MR) is 146 cm³/mol. The van der Waals surface area contributed by atoms with Gasteiger partial charge in [0.1, 0.15) is 11.5 Å². The highest BCUT2D eigenvalue weighted by Crippen LogP contribution is 2.32. The Kier molecular flexibility index (Phi) is 8.32. The van der Waals surface area contributed by atoms with Crippen LogP contribution in [0.3, 0.4) is 0 Å². The van der Waals surface area contributed by atoms with Crippen molar-refractivity contribution in [1.29, 1.82) is 0 Å². The van der Waals surface area contributed by atoms with Crippen LogP contribution < -0.4 is 19.1 Å². The standard InChI is InChI=1S/C28H25ClN2O5S/c1-37(33,34)31(19-21-8-4-2-5-9-21)23-13-15-24(16-14-23)35-20-28(32)30-26-18-22(29)12-17-27(26)36-25-10-6-3-7-11-25/h2-18H,19-20H2,1H3,(H,30,32). The second-order valence-corrected chi connectivity index (χ2v) is 10.5. The van der Waals surface area contributed by atoms with Crippen molar-refractivity contribution in [2.75, 3.05) is 22.5 Å². The smallest absolute Gasteiger partial charge is 0.262 e. The molecule has 0 aliphatic heterocycles. The molecular formula is C28H25ClN2O5S. The molecule has 0 atom stereocenters. The first kappa shape index (κ1) is 26.1. The number of halogens is 1. The van der Waals surface area contributed by atoms with Crippen molar-refractivity contribution in [3.05, 3.63) is 114 Å². The van der Waals surface area contributed by atoms with Crippen molar-refractivity contribution in [3.8, 4) is 17.2 Å². The molecule has 9 heteroatoms. The van der Waals surface area contributed by atoms with E-state index in [1.807, 2.05) is 48.5 Å². The maximum Gasteiger partial charge on any atom is 0.262 e. The monoisotopic (exact) mass is 536 g/mol. The summed E-state index contributed by atoms with van der Waals surface area (Å²) in [6.07, 6.45) is 1.16. The number of amides is 1. The summed E-state index contributed by atoms with van der Waals surface area (Å²) < 4.78 is 37.6. The maximum atomic E-state index is 12.6. The van der Waals surface area contributed by atoms with E-state index in [1.165, 1.54) is 4.31 Å². The molecule has 4 rings (SSSR count). The number of nitrogens with one attached hydrogen (secondary N) is 1. The molecule has 37 heavy (non-hydrogen) atoms. The Balaban J connectivity index is 1.39.